The number of hydrogen-bond acceptors (Lipinski definition) is 3. The first-order valence-electron chi connectivity index (χ1n) is 8.88. The molecule has 128 valence electrons. The Bertz CT molecular complexity index is 366. The fourth-order valence-corrected chi connectivity index (χ4v) is 3.60. The number of piperidine rings is 1. The molecule has 0 saturated carbocycles. The molecule has 0 spiro atoms. The van der Waals surface area contributed by atoms with E-state index in [0.29, 0.717) is 12.1 Å². The van der Waals surface area contributed by atoms with Crippen molar-refractivity contribution in [1.29, 1.82) is 0 Å². The van der Waals surface area contributed by atoms with Gasteiger partial charge in [-0.15, -0.1) is 0 Å². The van der Waals surface area contributed by atoms with Gasteiger partial charge in [0.1, 0.15) is 0 Å². The van der Waals surface area contributed by atoms with Crippen LogP contribution in [0.5, 0.6) is 0 Å². The summed E-state index contributed by atoms with van der Waals surface area (Å²) in [4.78, 5) is 6.95. The van der Waals surface area contributed by atoms with Gasteiger partial charge in [-0.1, -0.05) is 6.42 Å². The Hall–Kier alpha value is -0.810. The Morgan fingerprint density at radius 1 is 1.36 bits per heavy atom. The number of nitrogens with zero attached hydrogens (tertiary/aromatic N) is 2. The highest BCUT2D eigenvalue weighted by molar-refractivity contribution is 5.79. The van der Waals surface area contributed by atoms with Crippen molar-refractivity contribution in [3.05, 3.63) is 0 Å². The Kier molecular flexibility index (Phi) is 6.50. The van der Waals surface area contributed by atoms with Crippen molar-refractivity contribution in [1.82, 2.24) is 15.5 Å². The van der Waals surface area contributed by atoms with Gasteiger partial charge < -0.3 is 15.4 Å². The molecule has 2 rings (SSSR count). The minimum Gasteiger partial charge on any atom is -0.373 e. The van der Waals surface area contributed by atoms with Crippen LogP contribution in [-0.4, -0.2) is 61.8 Å². The Morgan fingerprint density at radius 3 is 2.82 bits per heavy atom. The SMILES string of the molecule is CN=C(NCC(C)N1CCCCC1C)NCC1(C)CCCO1. The summed E-state index contributed by atoms with van der Waals surface area (Å²) in [6, 6.07) is 1.23. The molecule has 2 aliphatic rings. The smallest absolute Gasteiger partial charge is 0.191 e. The first kappa shape index (κ1) is 17.5. The summed E-state index contributed by atoms with van der Waals surface area (Å²) in [7, 11) is 1.83. The van der Waals surface area contributed by atoms with Crippen LogP contribution in [0.3, 0.4) is 0 Å². The number of guanidine groups is 1. The highest BCUT2D eigenvalue weighted by Crippen LogP contribution is 2.23. The Morgan fingerprint density at radius 2 is 2.18 bits per heavy atom. The minimum atomic E-state index is -0.0371. The Balaban J connectivity index is 1.73. The van der Waals surface area contributed by atoms with Gasteiger partial charge >= 0.3 is 0 Å². The molecule has 22 heavy (non-hydrogen) atoms. The third-order valence-electron chi connectivity index (χ3n) is 5.14. The van der Waals surface area contributed by atoms with Gasteiger partial charge in [0, 0.05) is 38.8 Å². The molecule has 5 nitrogen and oxygen atoms in total. The van der Waals surface area contributed by atoms with Crippen LogP contribution < -0.4 is 10.6 Å². The van der Waals surface area contributed by atoms with Crippen LogP contribution >= 0.6 is 0 Å². The van der Waals surface area contributed by atoms with Gasteiger partial charge in [0.15, 0.2) is 5.96 Å². The summed E-state index contributed by atoms with van der Waals surface area (Å²) in [6.45, 7) is 10.7. The van der Waals surface area contributed by atoms with E-state index in [4.69, 9.17) is 4.74 Å². The van der Waals surface area contributed by atoms with Crippen LogP contribution in [0, 0.1) is 0 Å². The lowest BCUT2D eigenvalue weighted by Gasteiger charge is -2.38. The summed E-state index contributed by atoms with van der Waals surface area (Å²) >= 11 is 0. The molecule has 0 radical (unpaired) electrons. The molecular formula is C17H34N4O. The normalized spacial score (nSPS) is 32.0. The number of hydrogen-bond donors (Lipinski definition) is 2. The van der Waals surface area contributed by atoms with E-state index in [0.717, 1.165) is 38.5 Å². The molecule has 0 aromatic carbocycles. The summed E-state index contributed by atoms with van der Waals surface area (Å²) < 4.78 is 5.82. The van der Waals surface area contributed by atoms with Gasteiger partial charge in [-0.3, -0.25) is 9.89 Å². The molecule has 2 saturated heterocycles. The molecule has 3 atom stereocenters. The van der Waals surface area contributed by atoms with E-state index in [1.807, 2.05) is 7.05 Å². The summed E-state index contributed by atoms with van der Waals surface area (Å²) in [5.74, 6) is 0.883. The molecule has 0 bridgehead atoms. The number of rotatable bonds is 5. The second-order valence-corrected chi connectivity index (χ2v) is 7.14. The fourth-order valence-electron chi connectivity index (χ4n) is 3.60. The van der Waals surface area contributed by atoms with Gasteiger partial charge in [0.2, 0.25) is 0 Å². The molecular weight excluding hydrogens is 276 g/mol. The zero-order valence-electron chi connectivity index (χ0n) is 14.8. The molecule has 5 heteroatoms. The van der Waals surface area contributed by atoms with E-state index in [2.05, 4.69) is 41.3 Å². The monoisotopic (exact) mass is 310 g/mol. The van der Waals surface area contributed by atoms with Crippen LogP contribution in [0.25, 0.3) is 0 Å². The van der Waals surface area contributed by atoms with Crippen molar-refractivity contribution in [2.45, 2.75) is 70.6 Å². The topological polar surface area (TPSA) is 48.9 Å². The van der Waals surface area contributed by atoms with E-state index in [9.17, 15) is 0 Å². The lowest BCUT2D eigenvalue weighted by molar-refractivity contribution is 0.0242. The third kappa shape index (κ3) is 4.85. The predicted octanol–water partition coefficient (Wildman–Crippen LogP) is 1.98. The maximum Gasteiger partial charge on any atom is 0.191 e. The number of likely N-dealkylation sites (tertiary alicyclic amines) is 1. The minimum absolute atomic E-state index is 0.0371. The summed E-state index contributed by atoms with van der Waals surface area (Å²) in [6.07, 6.45) is 6.32. The molecule has 0 aromatic heterocycles. The maximum atomic E-state index is 5.82. The summed E-state index contributed by atoms with van der Waals surface area (Å²) in [5, 5.41) is 6.89. The largest absolute Gasteiger partial charge is 0.373 e. The lowest BCUT2D eigenvalue weighted by atomic mass is 10.0. The van der Waals surface area contributed by atoms with Crippen molar-refractivity contribution in [2.75, 3.05) is 33.3 Å². The van der Waals surface area contributed by atoms with Crippen LogP contribution in [-0.2, 0) is 4.74 Å². The molecule has 0 aliphatic carbocycles. The molecule has 2 N–H and O–H groups in total. The fraction of sp³-hybridized carbons (Fsp3) is 0.941. The first-order chi connectivity index (χ1) is 10.5. The van der Waals surface area contributed by atoms with Gasteiger partial charge in [0.25, 0.3) is 0 Å². The summed E-state index contributed by atoms with van der Waals surface area (Å²) in [5.41, 5.74) is -0.0371. The van der Waals surface area contributed by atoms with E-state index in [-0.39, 0.29) is 5.60 Å². The standard InChI is InChI=1S/C17H34N4O/c1-14-8-5-6-10-21(14)15(2)12-19-16(18-4)20-13-17(3)9-7-11-22-17/h14-15H,5-13H2,1-4H3,(H2,18,19,20). The molecule has 0 amide bonds. The van der Waals surface area contributed by atoms with Gasteiger partial charge in [0.05, 0.1) is 5.60 Å². The third-order valence-corrected chi connectivity index (χ3v) is 5.14. The van der Waals surface area contributed by atoms with Crippen molar-refractivity contribution in [3.8, 4) is 0 Å². The van der Waals surface area contributed by atoms with Crippen molar-refractivity contribution >= 4 is 5.96 Å². The molecule has 2 heterocycles. The zero-order valence-corrected chi connectivity index (χ0v) is 14.8. The van der Waals surface area contributed by atoms with E-state index in [1.54, 1.807) is 0 Å². The van der Waals surface area contributed by atoms with E-state index >= 15 is 0 Å². The first-order valence-corrected chi connectivity index (χ1v) is 8.88. The van der Waals surface area contributed by atoms with Crippen LogP contribution in [0.2, 0.25) is 0 Å². The highest BCUT2D eigenvalue weighted by atomic mass is 16.5. The molecule has 0 aromatic rings. The van der Waals surface area contributed by atoms with Crippen molar-refractivity contribution in [2.24, 2.45) is 4.99 Å². The van der Waals surface area contributed by atoms with Crippen molar-refractivity contribution in [3.63, 3.8) is 0 Å². The maximum absolute atomic E-state index is 5.82. The van der Waals surface area contributed by atoms with E-state index in [1.165, 1.54) is 25.8 Å². The molecule has 3 unspecified atom stereocenters. The second kappa shape index (κ2) is 8.16. The van der Waals surface area contributed by atoms with Crippen molar-refractivity contribution < 1.29 is 4.74 Å². The molecule has 2 aliphatic heterocycles. The highest BCUT2D eigenvalue weighted by Gasteiger charge is 2.30. The second-order valence-electron chi connectivity index (χ2n) is 7.14. The average Bonchev–Trinajstić information content (AvgIpc) is 2.94. The van der Waals surface area contributed by atoms with Gasteiger partial charge in [-0.05, 0) is 53.0 Å². The van der Waals surface area contributed by atoms with Gasteiger partial charge in [-0.2, -0.15) is 0 Å². The van der Waals surface area contributed by atoms with Gasteiger partial charge in [-0.25, -0.2) is 0 Å². The quantitative estimate of drug-likeness (QED) is 0.602. The average molecular weight is 310 g/mol. The number of ether oxygens (including phenoxy) is 1. The van der Waals surface area contributed by atoms with E-state index < -0.39 is 0 Å². The lowest BCUT2D eigenvalue weighted by Crippen LogP contribution is -2.51. The zero-order chi connectivity index (χ0) is 16.0. The van der Waals surface area contributed by atoms with Crippen LogP contribution in [0.4, 0.5) is 0 Å². The van der Waals surface area contributed by atoms with Crippen LogP contribution in [0.1, 0.15) is 52.9 Å². The van der Waals surface area contributed by atoms with Crippen LogP contribution in [0.15, 0.2) is 4.99 Å². The number of aliphatic imine (C=N–C) groups is 1. The Labute approximate surface area is 135 Å². The predicted molar refractivity (Wildman–Crippen MR) is 92.4 cm³/mol. The number of nitrogens with one attached hydrogen (secondary N) is 2. The molecule has 2 fully saturated rings.